The molecule has 0 aliphatic carbocycles. The predicted octanol–water partition coefficient (Wildman–Crippen LogP) is 2.82. The number of hydrogen-bond donors (Lipinski definition) is 0. The monoisotopic (exact) mass is 285 g/mol. The molecule has 0 spiro atoms. The highest BCUT2D eigenvalue weighted by Crippen LogP contribution is 2.31. The molecule has 0 N–H and O–H groups in total. The standard InChI is InChI=1S/C17H23N3O/c1-13-6-8-18-20(13)11-10-19-9-7-15-4-5-16(21-3)12-17(15)14(19)2/h4-6,8,12,14H,7,9-11H2,1-3H3/t14-/m0/s1. The van der Waals surface area contributed by atoms with Gasteiger partial charge < -0.3 is 4.74 Å². The third kappa shape index (κ3) is 2.81. The summed E-state index contributed by atoms with van der Waals surface area (Å²) in [5.74, 6) is 0.949. The molecule has 1 atom stereocenters. The van der Waals surface area contributed by atoms with Crippen molar-refractivity contribution in [2.75, 3.05) is 20.2 Å². The van der Waals surface area contributed by atoms with Crippen LogP contribution in [0.1, 0.15) is 29.8 Å². The Kier molecular flexibility index (Phi) is 3.97. The molecule has 0 radical (unpaired) electrons. The number of fused-ring (bicyclic) bond motifs is 1. The molecule has 2 heterocycles. The van der Waals surface area contributed by atoms with Crippen LogP contribution in [0, 0.1) is 6.92 Å². The second-order valence-electron chi connectivity index (χ2n) is 5.72. The first-order chi connectivity index (χ1) is 10.2. The molecule has 21 heavy (non-hydrogen) atoms. The van der Waals surface area contributed by atoms with Crippen LogP contribution in [-0.4, -0.2) is 34.9 Å². The lowest BCUT2D eigenvalue weighted by Crippen LogP contribution is -2.36. The molecule has 0 saturated carbocycles. The van der Waals surface area contributed by atoms with Crippen LogP contribution in [0.3, 0.4) is 0 Å². The van der Waals surface area contributed by atoms with Crippen molar-refractivity contribution in [2.45, 2.75) is 32.9 Å². The molecule has 112 valence electrons. The number of benzene rings is 1. The average molecular weight is 285 g/mol. The fraction of sp³-hybridized carbons (Fsp3) is 0.471. The van der Waals surface area contributed by atoms with Gasteiger partial charge in [0.15, 0.2) is 0 Å². The van der Waals surface area contributed by atoms with Gasteiger partial charge in [0.05, 0.1) is 13.7 Å². The van der Waals surface area contributed by atoms with E-state index in [0.717, 1.165) is 31.8 Å². The Morgan fingerprint density at radius 3 is 2.86 bits per heavy atom. The highest BCUT2D eigenvalue weighted by Gasteiger charge is 2.24. The highest BCUT2D eigenvalue weighted by atomic mass is 16.5. The van der Waals surface area contributed by atoms with Gasteiger partial charge in [-0.2, -0.15) is 5.10 Å². The van der Waals surface area contributed by atoms with Gasteiger partial charge in [-0.15, -0.1) is 0 Å². The summed E-state index contributed by atoms with van der Waals surface area (Å²) in [4.78, 5) is 2.53. The topological polar surface area (TPSA) is 30.3 Å². The van der Waals surface area contributed by atoms with Crippen molar-refractivity contribution in [1.29, 1.82) is 0 Å². The molecule has 0 unspecified atom stereocenters. The highest BCUT2D eigenvalue weighted by molar-refractivity contribution is 5.39. The quantitative estimate of drug-likeness (QED) is 0.865. The van der Waals surface area contributed by atoms with E-state index >= 15 is 0 Å². The molecule has 4 nitrogen and oxygen atoms in total. The second-order valence-corrected chi connectivity index (χ2v) is 5.72. The van der Waals surface area contributed by atoms with Crippen LogP contribution < -0.4 is 4.74 Å². The Bertz CT molecular complexity index is 620. The largest absolute Gasteiger partial charge is 0.497 e. The first-order valence-electron chi connectivity index (χ1n) is 7.58. The lowest BCUT2D eigenvalue weighted by Gasteiger charge is -2.35. The zero-order valence-electron chi connectivity index (χ0n) is 13.0. The van der Waals surface area contributed by atoms with Crippen molar-refractivity contribution in [3.05, 3.63) is 47.3 Å². The van der Waals surface area contributed by atoms with Gasteiger partial charge in [-0.05, 0) is 49.6 Å². The molecule has 2 aromatic rings. The number of aromatic nitrogens is 2. The smallest absolute Gasteiger partial charge is 0.119 e. The van der Waals surface area contributed by atoms with E-state index in [1.807, 2.05) is 6.20 Å². The van der Waals surface area contributed by atoms with Crippen molar-refractivity contribution in [3.63, 3.8) is 0 Å². The summed E-state index contributed by atoms with van der Waals surface area (Å²) in [6.45, 7) is 7.48. The van der Waals surface area contributed by atoms with E-state index in [-0.39, 0.29) is 0 Å². The molecule has 1 aromatic carbocycles. The normalized spacial score (nSPS) is 18.5. The van der Waals surface area contributed by atoms with Gasteiger partial charge in [0.2, 0.25) is 0 Å². The minimum Gasteiger partial charge on any atom is -0.497 e. The van der Waals surface area contributed by atoms with Crippen LogP contribution in [0.5, 0.6) is 5.75 Å². The summed E-state index contributed by atoms with van der Waals surface area (Å²) >= 11 is 0. The Morgan fingerprint density at radius 2 is 2.14 bits per heavy atom. The minimum atomic E-state index is 0.430. The Morgan fingerprint density at radius 1 is 1.29 bits per heavy atom. The summed E-state index contributed by atoms with van der Waals surface area (Å²) in [5.41, 5.74) is 4.08. The van der Waals surface area contributed by atoms with Gasteiger partial charge in [-0.1, -0.05) is 6.07 Å². The Balaban J connectivity index is 1.72. The Hall–Kier alpha value is -1.81. The summed E-state index contributed by atoms with van der Waals surface area (Å²) in [6.07, 6.45) is 2.98. The second kappa shape index (κ2) is 5.90. The molecule has 1 aromatic heterocycles. The van der Waals surface area contributed by atoms with E-state index in [1.54, 1.807) is 7.11 Å². The number of nitrogens with zero attached hydrogens (tertiary/aromatic N) is 3. The average Bonchev–Trinajstić information content (AvgIpc) is 2.92. The Labute approximate surface area is 126 Å². The number of ether oxygens (including phenoxy) is 1. The molecule has 0 bridgehead atoms. The van der Waals surface area contributed by atoms with Crippen LogP contribution in [0.4, 0.5) is 0 Å². The molecular formula is C17H23N3O. The number of hydrogen-bond acceptors (Lipinski definition) is 3. The van der Waals surface area contributed by atoms with Crippen LogP contribution in [-0.2, 0) is 13.0 Å². The summed E-state index contributed by atoms with van der Waals surface area (Å²) in [6, 6.07) is 8.94. The molecule has 0 fully saturated rings. The molecule has 1 aliphatic rings. The molecule has 1 aliphatic heterocycles. The van der Waals surface area contributed by atoms with Gasteiger partial charge >= 0.3 is 0 Å². The van der Waals surface area contributed by atoms with Crippen LogP contribution in [0.15, 0.2) is 30.5 Å². The van der Waals surface area contributed by atoms with E-state index in [1.165, 1.54) is 16.8 Å². The molecule has 3 rings (SSSR count). The molecule has 0 saturated heterocycles. The van der Waals surface area contributed by atoms with Gasteiger partial charge in [0, 0.05) is 31.0 Å². The lowest BCUT2D eigenvalue weighted by atomic mass is 9.93. The van der Waals surface area contributed by atoms with Crippen LogP contribution in [0.2, 0.25) is 0 Å². The molecular weight excluding hydrogens is 262 g/mol. The number of rotatable bonds is 4. The maximum atomic E-state index is 5.37. The van der Waals surface area contributed by atoms with Gasteiger partial charge in [0.1, 0.15) is 5.75 Å². The maximum absolute atomic E-state index is 5.37. The third-order valence-electron chi connectivity index (χ3n) is 4.55. The summed E-state index contributed by atoms with van der Waals surface area (Å²) in [5, 5.41) is 4.37. The van der Waals surface area contributed by atoms with E-state index in [4.69, 9.17) is 4.74 Å². The maximum Gasteiger partial charge on any atom is 0.119 e. The van der Waals surface area contributed by atoms with E-state index in [0.29, 0.717) is 6.04 Å². The lowest BCUT2D eigenvalue weighted by molar-refractivity contribution is 0.187. The van der Waals surface area contributed by atoms with Crippen molar-refractivity contribution in [3.8, 4) is 5.75 Å². The fourth-order valence-electron chi connectivity index (χ4n) is 3.13. The van der Waals surface area contributed by atoms with Crippen molar-refractivity contribution < 1.29 is 4.74 Å². The first kappa shape index (κ1) is 14.1. The van der Waals surface area contributed by atoms with E-state index < -0.39 is 0 Å². The summed E-state index contributed by atoms with van der Waals surface area (Å²) < 4.78 is 7.44. The fourth-order valence-corrected chi connectivity index (χ4v) is 3.13. The predicted molar refractivity (Wildman–Crippen MR) is 83.7 cm³/mol. The first-order valence-corrected chi connectivity index (χ1v) is 7.58. The van der Waals surface area contributed by atoms with Gasteiger partial charge in [0.25, 0.3) is 0 Å². The summed E-state index contributed by atoms with van der Waals surface area (Å²) in [7, 11) is 1.73. The number of methoxy groups -OCH3 is 1. The zero-order valence-corrected chi connectivity index (χ0v) is 13.0. The van der Waals surface area contributed by atoms with Gasteiger partial charge in [-0.3, -0.25) is 9.58 Å². The third-order valence-corrected chi connectivity index (χ3v) is 4.55. The number of aryl methyl sites for hydroxylation is 1. The zero-order chi connectivity index (χ0) is 14.8. The van der Waals surface area contributed by atoms with Crippen molar-refractivity contribution in [2.24, 2.45) is 0 Å². The van der Waals surface area contributed by atoms with E-state index in [2.05, 4.69) is 52.8 Å². The van der Waals surface area contributed by atoms with Crippen LogP contribution >= 0.6 is 0 Å². The van der Waals surface area contributed by atoms with Crippen molar-refractivity contribution >= 4 is 0 Å². The van der Waals surface area contributed by atoms with Crippen molar-refractivity contribution in [1.82, 2.24) is 14.7 Å². The SMILES string of the molecule is COc1ccc2c(c1)[C@H](C)N(CCn1nccc1C)CC2. The van der Waals surface area contributed by atoms with E-state index in [9.17, 15) is 0 Å². The minimum absolute atomic E-state index is 0.430. The van der Waals surface area contributed by atoms with Gasteiger partial charge in [-0.25, -0.2) is 0 Å². The molecule has 0 amide bonds. The molecule has 4 heteroatoms. The van der Waals surface area contributed by atoms with Crippen LogP contribution in [0.25, 0.3) is 0 Å².